The molecule has 0 aromatic heterocycles. The number of carbonyl (C=O) groups is 4. The highest BCUT2D eigenvalue weighted by Crippen LogP contribution is 2.30. The number of ketones is 2. The number of rotatable bonds is 4. The van der Waals surface area contributed by atoms with Crippen molar-refractivity contribution >= 4 is 23.4 Å². The Balaban J connectivity index is 3.39. The molecule has 0 aliphatic carbocycles. The molecule has 20 heavy (non-hydrogen) atoms. The van der Waals surface area contributed by atoms with Crippen LogP contribution in [0, 0.1) is 0 Å². The summed E-state index contributed by atoms with van der Waals surface area (Å²) in [6.45, 7) is 5.24. The van der Waals surface area contributed by atoms with Crippen molar-refractivity contribution in [3.8, 4) is 0 Å². The van der Waals surface area contributed by atoms with Crippen molar-refractivity contribution in [2.75, 3.05) is 6.67 Å². The third-order valence-corrected chi connectivity index (χ3v) is 3.77. The zero-order valence-electron chi connectivity index (χ0n) is 12.3. The van der Waals surface area contributed by atoms with Crippen LogP contribution in [-0.2, 0) is 19.2 Å². The van der Waals surface area contributed by atoms with Gasteiger partial charge in [-0.2, -0.15) is 0 Å². The lowest BCUT2D eigenvalue weighted by Crippen LogP contribution is -2.59. The van der Waals surface area contributed by atoms with Crippen LogP contribution in [0.1, 0.15) is 40.5 Å². The van der Waals surface area contributed by atoms with Crippen molar-refractivity contribution in [1.29, 1.82) is 0 Å². The number of hydrogen-bond donors (Lipinski definition) is 1. The zero-order chi connectivity index (χ0) is 15.7. The minimum absolute atomic E-state index is 0.0811. The molecule has 0 aromatic carbocycles. The fraction of sp³-hybridized carbons (Fsp3) is 0.692. The molecular weight excluding hydrogens is 264 g/mol. The molecule has 7 nitrogen and oxygen atoms in total. The van der Waals surface area contributed by atoms with E-state index in [1.165, 1.54) is 6.92 Å². The SMILES string of the molecule is CCC(=O)C1C(C(=O)CC)[N+](O)(C(C)=O)CN1C(C)=O. The Bertz CT molecular complexity index is 462. The molecule has 0 aromatic rings. The lowest BCUT2D eigenvalue weighted by Gasteiger charge is -2.26. The highest BCUT2D eigenvalue weighted by molar-refractivity contribution is 5.97. The van der Waals surface area contributed by atoms with Crippen molar-refractivity contribution in [3.05, 3.63) is 0 Å². The molecule has 1 fully saturated rings. The first-order chi connectivity index (χ1) is 9.20. The van der Waals surface area contributed by atoms with Gasteiger partial charge in [0, 0.05) is 19.8 Å². The second-order valence-electron chi connectivity index (χ2n) is 5.01. The van der Waals surface area contributed by atoms with E-state index in [0.717, 1.165) is 11.8 Å². The summed E-state index contributed by atoms with van der Waals surface area (Å²) in [5.74, 6) is -1.84. The molecule has 0 saturated carbocycles. The number of quaternary nitrogens is 1. The third-order valence-electron chi connectivity index (χ3n) is 3.77. The largest absolute Gasteiger partial charge is 0.344 e. The molecule has 0 bridgehead atoms. The average Bonchev–Trinajstić information content (AvgIpc) is 2.72. The van der Waals surface area contributed by atoms with E-state index in [1.54, 1.807) is 13.8 Å². The standard InChI is InChI=1S/C13H21N2O5/c1-5-10(18)12-13(11(19)6-2)15(20,9(4)17)7-14(12)8(3)16/h12-13,20H,5-7H2,1-4H3/q+1. The number of hydroxylamine groups is 3. The Kier molecular flexibility index (Phi) is 4.77. The molecule has 1 saturated heterocycles. The topological polar surface area (TPSA) is 91.8 Å². The van der Waals surface area contributed by atoms with E-state index in [1.807, 2.05) is 0 Å². The first-order valence-electron chi connectivity index (χ1n) is 6.64. The van der Waals surface area contributed by atoms with Crippen LogP contribution < -0.4 is 0 Å². The van der Waals surface area contributed by atoms with Crippen molar-refractivity contribution in [3.63, 3.8) is 0 Å². The van der Waals surface area contributed by atoms with Gasteiger partial charge in [-0.1, -0.05) is 18.5 Å². The Morgan fingerprint density at radius 3 is 1.95 bits per heavy atom. The number of nitrogens with zero attached hydrogens (tertiary/aromatic N) is 2. The average molecular weight is 285 g/mol. The molecule has 1 aliphatic rings. The van der Waals surface area contributed by atoms with Crippen LogP contribution >= 0.6 is 0 Å². The van der Waals surface area contributed by atoms with Crippen LogP contribution in [-0.4, -0.2) is 56.9 Å². The Hall–Kier alpha value is -1.60. The molecule has 2 amide bonds. The maximum absolute atomic E-state index is 12.1. The van der Waals surface area contributed by atoms with E-state index >= 15 is 0 Å². The number of carbonyl (C=O) groups excluding carboxylic acids is 4. The van der Waals surface area contributed by atoms with Crippen LogP contribution in [0.5, 0.6) is 0 Å². The maximum Gasteiger partial charge on any atom is 0.344 e. The third kappa shape index (κ3) is 2.51. The van der Waals surface area contributed by atoms with Crippen molar-refractivity contribution in [2.24, 2.45) is 0 Å². The van der Waals surface area contributed by atoms with Crippen LogP contribution in [0.2, 0.25) is 0 Å². The fourth-order valence-electron chi connectivity index (χ4n) is 2.59. The zero-order valence-corrected chi connectivity index (χ0v) is 12.3. The quantitative estimate of drug-likeness (QED) is 0.590. The van der Waals surface area contributed by atoms with Gasteiger partial charge in [0.2, 0.25) is 11.9 Å². The predicted molar refractivity (Wildman–Crippen MR) is 68.3 cm³/mol. The summed E-state index contributed by atoms with van der Waals surface area (Å²) in [4.78, 5) is 48.7. The summed E-state index contributed by atoms with van der Waals surface area (Å²) in [5.41, 5.74) is 0. The van der Waals surface area contributed by atoms with Gasteiger partial charge >= 0.3 is 5.91 Å². The van der Waals surface area contributed by atoms with Crippen LogP contribution in [0.3, 0.4) is 0 Å². The monoisotopic (exact) mass is 285 g/mol. The Labute approximate surface area is 117 Å². The first-order valence-corrected chi connectivity index (χ1v) is 6.64. The van der Waals surface area contributed by atoms with Gasteiger partial charge in [-0.25, -0.2) is 10.0 Å². The summed E-state index contributed by atoms with van der Waals surface area (Å²) < 4.78 is -1.21. The van der Waals surface area contributed by atoms with Gasteiger partial charge in [-0.3, -0.25) is 19.3 Å². The van der Waals surface area contributed by atoms with E-state index in [0.29, 0.717) is 0 Å². The first kappa shape index (κ1) is 16.5. The lowest BCUT2D eigenvalue weighted by atomic mass is 9.96. The molecule has 1 aliphatic heterocycles. The van der Waals surface area contributed by atoms with E-state index in [4.69, 9.17) is 0 Å². The van der Waals surface area contributed by atoms with Gasteiger partial charge in [-0.05, 0) is 0 Å². The van der Waals surface area contributed by atoms with Crippen molar-refractivity contribution in [2.45, 2.75) is 52.6 Å². The number of Topliss-reactive ketones (excluding diaryl/α,β-unsaturated/α-hetero) is 2. The van der Waals surface area contributed by atoms with Gasteiger partial charge in [-0.15, -0.1) is 0 Å². The van der Waals surface area contributed by atoms with Gasteiger partial charge in [0.05, 0.1) is 6.92 Å². The normalized spacial score (nSPS) is 29.4. The van der Waals surface area contributed by atoms with Gasteiger partial charge < -0.3 is 0 Å². The van der Waals surface area contributed by atoms with E-state index in [2.05, 4.69) is 0 Å². The summed E-state index contributed by atoms with van der Waals surface area (Å²) >= 11 is 0. The molecule has 1 N–H and O–H groups in total. The molecular formula is C13H21N2O5+. The van der Waals surface area contributed by atoms with Crippen LogP contribution in [0.4, 0.5) is 0 Å². The number of hydrogen-bond acceptors (Lipinski definition) is 5. The smallest absolute Gasteiger partial charge is 0.297 e. The molecule has 3 atom stereocenters. The summed E-state index contributed by atoms with van der Waals surface area (Å²) in [5, 5.41) is 10.5. The molecule has 1 rings (SSSR count). The minimum atomic E-state index is -1.23. The molecule has 1 heterocycles. The summed E-state index contributed by atoms with van der Waals surface area (Å²) in [6.07, 6.45) is 0.206. The highest BCUT2D eigenvalue weighted by Gasteiger charge is 2.61. The van der Waals surface area contributed by atoms with Crippen molar-refractivity contribution < 1.29 is 29.0 Å². The molecule has 0 spiro atoms. The second-order valence-corrected chi connectivity index (χ2v) is 5.01. The Morgan fingerprint density at radius 2 is 1.60 bits per heavy atom. The van der Waals surface area contributed by atoms with Crippen molar-refractivity contribution in [1.82, 2.24) is 4.90 Å². The van der Waals surface area contributed by atoms with E-state index < -0.39 is 34.3 Å². The molecule has 7 heteroatoms. The lowest BCUT2D eigenvalue weighted by molar-refractivity contribution is -1.04. The van der Waals surface area contributed by atoms with Crippen LogP contribution in [0.15, 0.2) is 0 Å². The summed E-state index contributed by atoms with van der Waals surface area (Å²) in [6, 6.07) is -2.30. The molecule has 3 unspecified atom stereocenters. The molecule has 112 valence electrons. The van der Waals surface area contributed by atoms with Gasteiger partial charge in [0.25, 0.3) is 0 Å². The minimum Gasteiger partial charge on any atom is -0.297 e. The van der Waals surface area contributed by atoms with E-state index in [9.17, 15) is 24.4 Å². The second kappa shape index (κ2) is 5.80. The fourth-order valence-corrected chi connectivity index (χ4v) is 2.59. The van der Waals surface area contributed by atoms with E-state index in [-0.39, 0.29) is 25.3 Å². The predicted octanol–water partition coefficient (Wildman–Crippen LogP) is 0.254. The Morgan fingerprint density at radius 1 is 1.10 bits per heavy atom. The molecule has 0 radical (unpaired) electrons. The maximum atomic E-state index is 12.1. The number of amides is 2. The van der Waals surface area contributed by atoms with Gasteiger partial charge in [0.15, 0.2) is 24.3 Å². The summed E-state index contributed by atoms with van der Waals surface area (Å²) in [7, 11) is 0. The highest BCUT2D eigenvalue weighted by atomic mass is 16.6. The van der Waals surface area contributed by atoms with Gasteiger partial charge in [0.1, 0.15) is 0 Å². The van der Waals surface area contributed by atoms with Crippen LogP contribution in [0.25, 0.3) is 0 Å².